The highest BCUT2D eigenvalue weighted by molar-refractivity contribution is 7.80. The molecule has 1 aliphatic heterocycles. The lowest BCUT2D eigenvalue weighted by Gasteiger charge is -2.25. The second-order valence-electron chi connectivity index (χ2n) is 3.22. The summed E-state index contributed by atoms with van der Waals surface area (Å²) in [4.78, 5) is 11.5. The van der Waals surface area contributed by atoms with Gasteiger partial charge in [-0.15, -0.1) is 0 Å². The summed E-state index contributed by atoms with van der Waals surface area (Å²) in [5, 5.41) is 2.23. The molecule has 5 nitrogen and oxygen atoms in total. The Morgan fingerprint density at radius 2 is 2.12 bits per heavy atom. The van der Waals surface area contributed by atoms with Crippen LogP contribution in [0.3, 0.4) is 0 Å². The van der Waals surface area contributed by atoms with E-state index in [1.54, 1.807) is 18.2 Å². The van der Waals surface area contributed by atoms with Crippen molar-refractivity contribution in [2.24, 2.45) is 5.73 Å². The summed E-state index contributed by atoms with van der Waals surface area (Å²) in [5.74, 6) is 0.765. The van der Waals surface area contributed by atoms with E-state index in [1.165, 1.54) is 0 Å². The lowest BCUT2D eigenvalue weighted by Crippen LogP contribution is -2.47. The van der Waals surface area contributed by atoms with Crippen molar-refractivity contribution in [2.45, 2.75) is 6.10 Å². The average Bonchev–Trinajstić information content (AvgIpc) is 2.27. The van der Waals surface area contributed by atoms with Gasteiger partial charge < -0.3 is 20.5 Å². The van der Waals surface area contributed by atoms with Crippen LogP contribution in [0.4, 0.5) is 0 Å². The number of carbonyl (C=O) groups is 1. The maximum absolute atomic E-state index is 11.5. The van der Waals surface area contributed by atoms with Crippen LogP contribution in [0.15, 0.2) is 24.3 Å². The molecule has 1 unspecified atom stereocenters. The van der Waals surface area contributed by atoms with Gasteiger partial charge in [0.05, 0.1) is 0 Å². The van der Waals surface area contributed by atoms with E-state index >= 15 is 0 Å². The molecular weight excluding hydrogens is 228 g/mol. The molecular formula is C10H10N2O3S. The molecule has 3 N–H and O–H groups in total. The van der Waals surface area contributed by atoms with Gasteiger partial charge in [-0.05, 0) is 24.4 Å². The Bertz CT molecular complexity index is 436. The molecule has 1 aromatic carbocycles. The van der Waals surface area contributed by atoms with E-state index in [0.29, 0.717) is 11.5 Å². The number of ether oxygens (including phenoxy) is 2. The zero-order chi connectivity index (χ0) is 11.5. The van der Waals surface area contributed by atoms with Gasteiger partial charge in [-0.25, -0.2) is 0 Å². The van der Waals surface area contributed by atoms with Crippen LogP contribution in [0, 0.1) is 0 Å². The molecule has 0 radical (unpaired) electrons. The minimum absolute atomic E-state index is 0.0764. The van der Waals surface area contributed by atoms with Crippen molar-refractivity contribution < 1.29 is 14.3 Å². The van der Waals surface area contributed by atoms with Crippen LogP contribution < -0.4 is 20.5 Å². The number of nitrogens with one attached hydrogen (secondary N) is 1. The topological polar surface area (TPSA) is 73.6 Å². The van der Waals surface area contributed by atoms with E-state index in [0.717, 1.165) is 0 Å². The molecule has 0 saturated carbocycles. The molecule has 0 aromatic heterocycles. The standard InChI is InChI=1S/C10H10N2O3S/c11-10(16)12-9(13)8-5-14-6-3-1-2-4-7(6)15-8/h1-4,8H,5H2,(H3,11,12,13,16). The van der Waals surface area contributed by atoms with Gasteiger partial charge in [0, 0.05) is 0 Å². The van der Waals surface area contributed by atoms with E-state index in [2.05, 4.69) is 17.5 Å². The van der Waals surface area contributed by atoms with Gasteiger partial charge >= 0.3 is 0 Å². The summed E-state index contributed by atoms with van der Waals surface area (Å²) in [6.45, 7) is 0.144. The lowest BCUT2D eigenvalue weighted by molar-refractivity contribution is -0.128. The molecule has 1 aromatic rings. The van der Waals surface area contributed by atoms with Gasteiger partial charge in [0.15, 0.2) is 16.6 Å². The largest absolute Gasteiger partial charge is 0.485 e. The van der Waals surface area contributed by atoms with Gasteiger partial charge in [0.2, 0.25) is 6.10 Å². The van der Waals surface area contributed by atoms with Gasteiger partial charge in [-0.3, -0.25) is 4.79 Å². The zero-order valence-electron chi connectivity index (χ0n) is 8.30. The number of hydrogen-bond donors (Lipinski definition) is 2. The third-order valence-corrected chi connectivity index (χ3v) is 2.15. The Labute approximate surface area is 97.5 Å². The summed E-state index contributed by atoms with van der Waals surface area (Å²) in [6.07, 6.45) is -0.726. The van der Waals surface area contributed by atoms with Crippen molar-refractivity contribution in [3.8, 4) is 11.5 Å². The number of amides is 1. The Morgan fingerprint density at radius 3 is 2.81 bits per heavy atom. The molecule has 0 fully saturated rings. The van der Waals surface area contributed by atoms with E-state index in [9.17, 15) is 4.79 Å². The van der Waals surface area contributed by atoms with Gasteiger partial charge in [0.25, 0.3) is 5.91 Å². The molecule has 1 heterocycles. The highest BCUT2D eigenvalue weighted by Crippen LogP contribution is 2.30. The zero-order valence-corrected chi connectivity index (χ0v) is 9.12. The van der Waals surface area contributed by atoms with E-state index < -0.39 is 12.0 Å². The van der Waals surface area contributed by atoms with Crippen molar-refractivity contribution in [3.05, 3.63) is 24.3 Å². The van der Waals surface area contributed by atoms with Crippen molar-refractivity contribution >= 4 is 23.2 Å². The summed E-state index contributed by atoms with van der Waals surface area (Å²) in [7, 11) is 0. The van der Waals surface area contributed by atoms with Crippen LogP contribution in [0.2, 0.25) is 0 Å². The van der Waals surface area contributed by atoms with Crippen LogP contribution in [0.25, 0.3) is 0 Å². The van der Waals surface area contributed by atoms with Crippen molar-refractivity contribution in [2.75, 3.05) is 6.61 Å². The molecule has 0 aliphatic carbocycles. The third-order valence-electron chi connectivity index (χ3n) is 2.05. The normalized spacial score (nSPS) is 17.6. The van der Waals surface area contributed by atoms with Crippen molar-refractivity contribution in [3.63, 3.8) is 0 Å². The number of fused-ring (bicyclic) bond motifs is 1. The SMILES string of the molecule is NC(=S)NC(=O)C1COc2ccccc2O1. The summed E-state index contributed by atoms with van der Waals surface area (Å²) in [6, 6.07) is 7.14. The minimum Gasteiger partial charge on any atom is -0.485 e. The van der Waals surface area contributed by atoms with Crippen LogP contribution >= 0.6 is 12.2 Å². The quantitative estimate of drug-likeness (QED) is 0.683. The molecule has 1 aliphatic rings. The number of hydrogen-bond acceptors (Lipinski definition) is 4. The van der Waals surface area contributed by atoms with E-state index in [-0.39, 0.29) is 11.7 Å². The Morgan fingerprint density at radius 1 is 1.44 bits per heavy atom. The summed E-state index contributed by atoms with van der Waals surface area (Å²) < 4.78 is 10.8. The lowest BCUT2D eigenvalue weighted by atomic mass is 10.2. The van der Waals surface area contributed by atoms with Crippen LogP contribution in [0.1, 0.15) is 0 Å². The monoisotopic (exact) mass is 238 g/mol. The van der Waals surface area contributed by atoms with E-state index in [4.69, 9.17) is 15.2 Å². The molecule has 2 rings (SSSR count). The predicted molar refractivity (Wildman–Crippen MR) is 61.3 cm³/mol. The number of carbonyl (C=O) groups excluding carboxylic acids is 1. The highest BCUT2D eigenvalue weighted by atomic mass is 32.1. The number of thiocarbonyl (C=S) groups is 1. The van der Waals surface area contributed by atoms with Gasteiger partial charge in [-0.2, -0.15) is 0 Å². The number of benzene rings is 1. The second kappa shape index (κ2) is 4.36. The first kappa shape index (κ1) is 10.7. The molecule has 84 valence electrons. The Kier molecular flexibility index (Phi) is 2.91. The summed E-state index contributed by atoms with van der Waals surface area (Å²) >= 11 is 4.57. The van der Waals surface area contributed by atoms with Gasteiger partial charge in [-0.1, -0.05) is 12.1 Å². The fourth-order valence-electron chi connectivity index (χ4n) is 1.35. The van der Waals surface area contributed by atoms with E-state index in [1.807, 2.05) is 6.07 Å². The average molecular weight is 238 g/mol. The first-order valence-electron chi connectivity index (χ1n) is 4.65. The number of para-hydroxylation sites is 2. The highest BCUT2D eigenvalue weighted by Gasteiger charge is 2.27. The molecule has 1 amide bonds. The Balaban J connectivity index is 2.08. The summed E-state index contributed by atoms with van der Waals surface area (Å²) in [5.41, 5.74) is 5.20. The predicted octanol–water partition coefficient (Wildman–Crippen LogP) is 0.186. The first-order chi connectivity index (χ1) is 7.66. The first-order valence-corrected chi connectivity index (χ1v) is 5.06. The fourth-order valence-corrected chi connectivity index (χ4v) is 1.45. The third kappa shape index (κ3) is 2.22. The molecule has 0 saturated heterocycles. The van der Waals surface area contributed by atoms with Crippen LogP contribution in [0.5, 0.6) is 11.5 Å². The smallest absolute Gasteiger partial charge is 0.270 e. The minimum atomic E-state index is -0.726. The fraction of sp³-hybridized carbons (Fsp3) is 0.200. The van der Waals surface area contributed by atoms with Gasteiger partial charge in [0.1, 0.15) is 6.61 Å². The van der Waals surface area contributed by atoms with Crippen molar-refractivity contribution in [1.82, 2.24) is 5.32 Å². The maximum atomic E-state index is 11.5. The maximum Gasteiger partial charge on any atom is 0.270 e. The Hall–Kier alpha value is -1.82. The van der Waals surface area contributed by atoms with Crippen LogP contribution in [-0.2, 0) is 4.79 Å². The molecule has 0 spiro atoms. The molecule has 1 atom stereocenters. The number of nitrogens with two attached hydrogens (primary N) is 1. The number of rotatable bonds is 1. The van der Waals surface area contributed by atoms with Crippen LogP contribution in [-0.4, -0.2) is 23.7 Å². The van der Waals surface area contributed by atoms with Crippen molar-refractivity contribution in [1.29, 1.82) is 0 Å². The molecule has 6 heteroatoms. The second-order valence-corrected chi connectivity index (χ2v) is 3.66. The molecule has 0 bridgehead atoms. The molecule has 16 heavy (non-hydrogen) atoms.